The zero-order valence-corrected chi connectivity index (χ0v) is 11.9. The van der Waals surface area contributed by atoms with Gasteiger partial charge in [0.15, 0.2) is 0 Å². The molecule has 0 aromatic rings. The predicted molar refractivity (Wildman–Crippen MR) is 72.2 cm³/mol. The first-order chi connectivity index (χ1) is 7.91. The van der Waals surface area contributed by atoms with Gasteiger partial charge in [0, 0.05) is 19.5 Å². The molecule has 0 unspecified atom stereocenters. The van der Waals surface area contributed by atoms with Crippen molar-refractivity contribution in [3.8, 4) is 0 Å². The van der Waals surface area contributed by atoms with E-state index >= 15 is 0 Å². The van der Waals surface area contributed by atoms with Crippen LogP contribution in [0.1, 0.15) is 53.4 Å². The normalized spacial score (nSPS) is 11.7. The Labute approximate surface area is 106 Å². The number of rotatable bonds is 10. The molecule has 0 aliphatic heterocycles. The van der Waals surface area contributed by atoms with Gasteiger partial charge in [0.25, 0.3) is 0 Å². The third kappa shape index (κ3) is 11.7. The zero-order valence-electron chi connectivity index (χ0n) is 11.9. The van der Waals surface area contributed by atoms with E-state index in [2.05, 4.69) is 32.6 Å². The van der Waals surface area contributed by atoms with E-state index in [-0.39, 0.29) is 0 Å². The number of aliphatic carboxylic acids is 1. The smallest absolute Gasteiger partial charge is 0.303 e. The predicted octanol–water partition coefficient (Wildman–Crippen LogP) is 3.25. The molecule has 0 saturated heterocycles. The van der Waals surface area contributed by atoms with Crippen LogP contribution in [-0.2, 0) is 4.79 Å². The Balaban J connectivity index is 3.71. The Morgan fingerprint density at radius 1 is 1.00 bits per heavy atom. The van der Waals surface area contributed by atoms with Gasteiger partial charge in [-0.05, 0) is 31.2 Å². The third-order valence-corrected chi connectivity index (χ3v) is 2.61. The minimum atomic E-state index is -0.675. The number of hydrogen-bond donors (Lipinski definition) is 1. The minimum absolute atomic E-state index is 0.314. The van der Waals surface area contributed by atoms with Crippen molar-refractivity contribution >= 4 is 5.97 Å². The molecule has 0 amide bonds. The number of carboxylic acid groups (broad SMARTS) is 1. The molecule has 0 saturated carbocycles. The van der Waals surface area contributed by atoms with E-state index in [1.807, 2.05) is 0 Å². The molecule has 0 atom stereocenters. The van der Waals surface area contributed by atoms with E-state index in [0.29, 0.717) is 18.3 Å². The Hall–Kier alpha value is -0.570. The van der Waals surface area contributed by atoms with Crippen molar-refractivity contribution in [2.75, 3.05) is 19.6 Å². The molecule has 0 aromatic carbocycles. The van der Waals surface area contributed by atoms with Crippen LogP contribution in [0.3, 0.4) is 0 Å². The summed E-state index contributed by atoms with van der Waals surface area (Å²) in [5.74, 6) is 0.728. The molecule has 1 N–H and O–H groups in total. The summed E-state index contributed by atoms with van der Waals surface area (Å²) in [6, 6.07) is 0. The monoisotopic (exact) mass is 243 g/mol. The SMILES string of the molecule is CC(C)CN(CCCCCC(=O)O)CC(C)C. The maximum Gasteiger partial charge on any atom is 0.303 e. The molecule has 17 heavy (non-hydrogen) atoms. The zero-order chi connectivity index (χ0) is 13.3. The first-order valence-corrected chi connectivity index (χ1v) is 6.86. The van der Waals surface area contributed by atoms with Crippen molar-refractivity contribution in [3.63, 3.8) is 0 Å². The van der Waals surface area contributed by atoms with Crippen LogP contribution < -0.4 is 0 Å². The van der Waals surface area contributed by atoms with Crippen molar-refractivity contribution in [1.82, 2.24) is 4.90 Å². The molecule has 102 valence electrons. The summed E-state index contributed by atoms with van der Waals surface area (Å²) in [6.45, 7) is 12.4. The second-order valence-corrected chi connectivity index (χ2v) is 5.75. The summed E-state index contributed by atoms with van der Waals surface area (Å²) in [5.41, 5.74) is 0. The van der Waals surface area contributed by atoms with Crippen molar-refractivity contribution in [3.05, 3.63) is 0 Å². The van der Waals surface area contributed by atoms with Gasteiger partial charge in [0.1, 0.15) is 0 Å². The van der Waals surface area contributed by atoms with Gasteiger partial charge in [-0.15, -0.1) is 0 Å². The molecule has 0 aliphatic carbocycles. The highest BCUT2D eigenvalue weighted by atomic mass is 16.4. The highest BCUT2D eigenvalue weighted by Crippen LogP contribution is 2.07. The second kappa shape index (κ2) is 9.46. The van der Waals surface area contributed by atoms with Crippen LogP contribution in [0.15, 0.2) is 0 Å². The highest BCUT2D eigenvalue weighted by molar-refractivity contribution is 5.66. The highest BCUT2D eigenvalue weighted by Gasteiger charge is 2.09. The van der Waals surface area contributed by atoms with Gasteiger partial charge in [-0.1, -0.05) is 34.1 Å². The maximum absolute atomic E-state index is 10.4. The van der Waals surface area contributed by atoms with Gasteiger partial charge in [0.05, 0.1) is 0 Å². The van der Waals surface area contributed by atoms with Gasteiger partial charge in [-0.3, -0.25) is 4.79 Å². The summed E-state index contributed by atoms with van der Waals surface area (Å²) in [7, 11) is 0. The van der Waals surface area contributed by atoms with Crippen molar-refractivity contribution in [1.29, 1.82) is 0 Å². The molecule has 0 heterocycles. The maximum atomic E-state index is 10.4. The first-order valence-electron chi connectivity index (χ1n) is 6.86. The summed E-state index contributed by atoms with van der Waals surface area (Å²) < 4.78 is 0. The third-order valence-electron chi connectivity index (χ3n) is 2.61. The molecule has 0 rings (SSSR count). The van der Waals surface area contributed by atoms with Crippen molar-refractivity contribution in [2.45, 2.75) is 53.4 Å². The molecule has 0 fully saturated rings. The molecule has 0 spiro atoms. The van der Waals surface area contributed by atoms with E-state index in [1.165, 1.54) is 0 Å². The van der Waals surface area contributed by atoms with E-state index < -0.39 is 5.97 Å². The van der Waals surface area contributed by atoms with Gasteiger partial charge in [0.2, 0.25) is 0 Å². The summed E-state index contributed by atoms with van der Waals surface area (Å²) in [4.78, 5) is 12.9. The lowest BCUT2D eigenvalue weighted by Gasteiger charge is -2.26. The fourth-order valence-corrected chi connectivity index (χ4v) is 2.08. The number of unbranched alkanes of at least 4 members (excludes halogenated alkanes) is 2. The molecule has 0 bridgehead atoms. The van der Waals surface area contributed by atoms with Crippen LogP contribution in [0.5, 0.6) is 0 Å². The average Bonchev–Trinajstić information content (AvgIpc) is 2.14. The largest absolute Gasteiger partial charge is 0.481 e. The summed E-state index contributed by atoms with van der Waals surface area (Å²) in [6.07, 6.45) is 3.27. The van der Waals surface area contributed by atoms with Crippen molar-refractivity contribution in [2.24, 2.45) is 11.8 Å². The number of carbonyl (C=O) groups is 1. The Bertz CT molecular complexity index is 192. The number of carboxylic acids is 1. The Morgan fingerprint density at radius 3 is 1.94 bits per heavy atom. The molecule has 0 aliphatic rings. The van der Waals surface area contributed by atoms with E-state index in [4.69, 9.17) is 5.11 Å². The quantitative estimate of drug-likeness (QED) is 0.599. The van der Waals surface area contributed by atoms with E-state index in [0.717, 1.165) is 38.9 Å². The molecular weight excluding hydrogens is 214 g/mol. The van der Waals surface area contributed by atoms with Crippen LogP contribution in [0, 0.1) is 11.8 Å². The van der Waals surface area contributed by atoms with E-state index in [1.54, 1.807) is 0 Å². The molecule has 0 aromatic heterocycles. The van der Waals surface area contributed by atoms with Gasteiger partial charge >= 0.3 is 5.97 Å². The van der Waals surface area contributed by atoms with Crippen LogP contribution >= 0.6 is 0 Å². The second-order valence-electron chi connectivity index (χ2n) is 5.75. The van der Waals surface area contributed by atoms with E-state index in [9.17, 15) is 4.79 Å². The van der Waals surface area contributed by atoms with Crippen LogP contribution in [0.2, 0.25) is 0 Å². The topological polar surface area (TPSA) is 40.5 Å². The lowest BCUT2D eigenvalue weighted by atomic mass is 10.1. The Kier molecular flexibility index (Phi) is 9.14. The fraction of sp³-hybridized carbons (Fsp3) is 0.929. The Morgan fingerprint density at radius 2 is 1.53 bits per heavy atom. The van der Waals surface area contributed by atoms with Crippen molar-refractivity contribution < 1.29 is 9.90 Å². The summed E-state index contributed by atoms with van der Waals surface area (Å²) in [5, 5.41) is 8.55. The lowest BCUT2D eigenvalue weighted by Crippen LogP contribution is -2.32. The van der Waals surface area contributed by atoms with Gasteiger partial charge in [-0.2, -0.15) is 0 Å². The first kappa shape index (κ1) is 16.4. The standard InChI is InChI=1S/C14H29NO2/c1-12(2)10-15(11-13(3)4)9-7-5-6-8-14(16)17/h12-13H,5-11H2,1-4H3,(H,16,17). The molecular formula is C14H29NO2. The lowest BCUT2D eigenvalue weighted by molar-refractivity contribution is -0.137. The molecule has 3 heteroatoms. The van der Waals surface area contributed by atoms with Crippen LogP contribution in [-0.4, -0.2) is 35.6 Å². The fourth-order valence-electron chi connectivity index (χ4n) is 2.08. The van der Waals surface area contributed by atoms with Gasteiger partial charge in [-0.25, -0.2) is 0 Å². The molecule has 3 nitrogen and oxygen atoms in total. The van der Waals surface area contributed by atoms with Crippen LogP contribution in [0.25, 0.3) is 0 Å². The van der Waals surface area contributed by atoms with Crippen LogP contribution in [0.4, 0.5) is 0 Å². The number of hydrogen-bond acceptors (Lipinski definition) is 2. The summed E-state index contributed by atoms with van der Waals surface area (Å²) >= 11 is 0. The van der Waals surface area contributed by atoms with Gasteiger partial charge < -0.3 is 10.0 Å². The molecule has 0 radical (unpaired) electrons. The minimum Gasteiger partial charge on any atom is -0.481 e. The number of nitrogens with zero attached hydrogens (tertiary/aromatic N) is 1. The average molecular weight is 243 g/mol.